The molecular formula is C22H21F3N2O4. The van der Waals surface area contributed by atoms with Crippen LogP contribution >= 0.6 is 0 Å². The number of carbonyl (C=O) groups is 1. The van der Waals surface area contributed by atoms with E-state index in [1.54, 1.807) is 12.1 Å². The standard InChI is InChI=1S/C22H21F3N2O4/c23-22(24,25)15-3-10-21(26-12-15)31-17-6-4-16(5-7-17)27-20(28)9-2-14-1-8-18-19(11-14)30-13-29-18/h1-3,8-12,16-17H,4-7,13H2,(H,27,28)/b9-2+. The fourth-order valence-electron chi connectivity index (χ4n) is 3.55. The number of ether oxygens (including phenoxy) is 3. The lowest BCUT2D eigenvalue weighted by molar-refractivity contribution is -0.137. The summed E-state index contributed by atoms with van der Waals surface area (Å²) in [4.78, 5) is 16.0. The van der Waals surface area contributed by atoms with Gasteiger partial charge in [0.05, 0.1) is 5.56 Å². The molecule has 1 aromatic carbocycles. The first-order valence-electron chi connectivity index (χ1n) is 9.95. The zero-order chi connectivity index (χ0) is 21.8. The number of nitrogens with zero attached hydrogens (tertiary/aromatic N) is 1. The maximum Gasteiger partial charge on any atom is 0.417 e. The average molecular weight is 434 g/mol. The van der Waals surface area contributed by atoms with Crippen LogP contribution < -0.4 is 19.5 Å². The van der Waals surface area contributed by atoms with Gasteiger partial charge in [0.1, 0.15) is 6.10 Å². The molecule has 0 radical (unpaired) electrons. The Balaban J connectivity index is 1.22. The van der Waals surface area contributed by atoms with Gasteiger partial charge in [-0.15, -0.1) is 0 Å². The molecule has 4 rings (SSSR count). The molecule has 164 valence electrons. The highest BCUT2D eigenvalue weighted by atomic mass is 19.4. The number of rotatable bonds is 5. The lowest BCUT2D eigenvalue weighted by Gasteiger charge is -2.29. The van der Waals surface area contributed by atoms with E-state index in [1.807, 2.05) is 12.1 Å². The van der Waals surface area contributed by atoms with Gasteiger partial charge in [0, 0.05) is 24.4 Å². The van der Waals surface area contributed by atoms with E-state index in [2.05, 4.69) is 10.3 Å². The second-order valence-electron chi connectivity index (χ2n) is 7.43. The Morgan fingerprint density at radius 1 is 1.10 bits per heavy atom. The van der Waals surface area contributed by atoms with Crippen LogP contribution in [0, 0.1) is 0 Å². The molecule has 1 aliphatic heterocycles. The minimum atomic E-state index is -4.42. The molecule has 1 saturated carbocycles. The van der Waals surface area contributed by atoms with Gasteiger partial charge in [0.15, 0.2) is 11.5 Å². The van der Waals surface area contributed by atoms with E-state index in [-0.39, 0.29) is 30.7 Å². The van der Waals surface area contributed by atoms with Crippen molar-refractivity contribution < 1.29 is 32.2 Å². The van der Waals surface area contributed by atoms with Crippen LogP contribution in [0.5, 0.6) is 17.4 Å². The summed E-state index contributed by atoms with van der Waals surface area (Å²) in [6.07, 6.45) is 2.20. The van der Waals surface area contributed by atoms with E-state index >= 15 is 0 Å². The maximum absolute atomic E-state index is 12.6. The highest BCUT2D eigenvalue weighted by molar-refractivity contribution is 5.92. The van der Waals surface area contributed by atoms with E-state index in [4.69, 9.17) is 14.2 Å². The minimum absolute atomic E-state index is 0.0225. The SMILES string of the molecule is O=C(/C=C/c1ccc2c(c1)OCO2)NC1CCC(Oc2ccc(C(F)(F)F)cn2)CC1. The zero-order valence-corrected chi connectivity index (χ0v) is 16.5. The Hall–Kier alpha value is -3.23. The van der Waals surface area contributed by atoms with Gasteiger partial charge in [0.2, 0.25) is 18.6 Å². The molecule has 1 amide bonds. The van der Waals surface area contributed by atoms with Crippen LogP contribution in [0.1, 0.15) is 36.8 Å². The third kappa shape index (κ3) is 5.48. The van der Waals surface area contributed by atoms with Crippen molar-refractivity contribution in [3.05, 3.63) is 53.7 Å². The molecule has 0 bridgehead atoms. The number of aromatic nitrogens is 1. The summed E-state index contributed by atoms with van der Waals surface area (Å²) >= 11 is 0. The van der Waals surface area contributed by atoms with E-state index in [1.165, 1.54) is 12.1 Å². The average Bonchev–Trinajstić information content (AvgIpc) is 3.21. The van der Waals surface area contributed by atoms with Gasteiger partial charge in [-0.05, 0) is 55.5 Å². The molecule has 2 aromatic rings. The molecule has 2 heterocycles. The molecule has 6 nitrogen and oxygen atoms in total. The first-order chi connectivity index (χ1) is 14.9. The lowest BCUT2D eigenvalue weighted by Crippen LogP contribution is -2.39. The zero-order valence-electron chi connectivity index (χ0n) is 16.5. The maximum atomic E-state index is 12.6. The van der Waals surface area contributed by atoms with Gasteiger partial charge >= 0.3 is 6.18 Å². The van der Waals surface area contributed by atoms with E-state index in [9.17, 15) is 18.0 Å². The summed E-state index contributed by atoms with van der Waals surface area (Å²) < 4.78 is 54.1. The van der Waals surface area contributed by atoms with E-state index < -0.39 is 11.7 Å². The van der Waals surface area contributed by atoms with Crippen molar-refractivity contribution in [2.75, 3.05) is 6.79 Å². The molecule has 0 unspecified atom stereocenters. The monoisotopic (exact) mass is 434 g/mol. The number of pyridine rings is 1. The van der Waals surface area contributed by atoms with Gasteiger partial charge in [-0.2, -0.15) is 13.2 Å². The second-order valence-corrected chi connectivity index (χ2v) is 7.43. The summed E-state index contributed by atoms with van der Waals surface area (Å²) in [6, 6.07) is 7.67. The molecule has 0 spiro atoms. The van der Waals surface area contributed by atoms with Gasteiger partial charge in [-0.1, -0.05) is 6.07 Å². The molecule has 1 N–H and O–H groups in total. The van der Waals surface area contributed by atoms with Crippen LogP contribution in [0.25, 0.3) is 6.08 Å². The lowest BCUT2D eigenvalue weighted by atomic mass is 9.93. The van der Waals surface area contributed by atoms with Crippen molar-refractivity contribution in [1.82, 2.24) is 10.3 Å². The highest BCUT2D eigenvalue weighted by Gasteiger charge is 2.31. The molecule has 0 atom stereocenters. The van der Waals surface area contributed by atoms with Crippen molar-refractivity contribution in [2.24, 2.45) is 0 Å². The van der Waals surface area contributed by atoms with E-state index in [0.29, 0.717) is 24.3 Å². The Morgan fingerprint density at radius 3 is 2.58 bits per heavy atom. The van der Waals surface area contributed by atoms with Gasteiger partial charge < -0.3 is 19.5 Å². The summed E-state index contributed by atoms with van der Waals surface area (Å²) in [5, 5.41) is 2.97. The van der Waals surface area contributed by atoms with Crippen LogP contribution in [0.3, 0.4) is 0 Å². The Kier molecular flexibility index (Phi) is 6.01. The minimum Gasteiger partial charge on any atom is -0.474 e. The van der Waals surface area contributed by atoms with Crippen LogP contribution in [0.2, 0.25) is 0 Å². The number of fused-ring (bicyclic) bond motifs is 1. The van der Waals surface area contributed by atoms with Gasteiger partial charge in [0.25, 0.3) is 0 Å². The third-order valence-corrected chi connectivity index (χ3v) is 5.20. The fraction of sp³-hybridized carbons (Fsp3) is 0.364. The predicted octanol–water partition coefficient (Wildman–Crippen LogP) is 4.35. The Morgan fingerprint density at radius 2 is 1.87 bits per heavy atom. The molecule has 0 saturated heterocycles. The van der Waals surface area contributed by atoms with Crippen LogP contribution in [-0.2, 0) is 11.0 Å². The molecule has 1 aromatic heterocycles. The van der Waals surface area contributed by atoms with Crippen molar-refractivity contribution >= 4 is 12.0 Å². The summed E-state index contributed by atoms with van der Waals surface area (Å²) in [5.41, 5.74) is 0.0284. The predicted molar refractivity (Wildman–Crippen MR) is 106 cm³/mol. The number of halogens is 3. The molecular weight excluding hydrogens is 413 g/mol. The number of amides is 1. The Labute approximate surface area is 177 Å². The van der Waals surface area contributed by atoms with Crippen LogP contribution in [0.15, 0.2) is 42.6 Å². The second kappa shape index (κ2) is 8.87. The van der Waals surface area contributed by atoms with Crippen molar-refractivity contribution in [2.45, 2.75) is 44.0 Å². The molecule has 1 fully saturated rings. The van der Waals surface area contributed by atoms with Gasteiger partial charge in [-0.3, -0.25) is 4.79 Å². The summed E-state index contributed by atoms with van der Waals surface area (Å²) in [5.74, 6) is 1.33. The number of alkyl halides is 3. The topological polar surface area (TPSA) is 69.7 Å². The smallest absolute Gasteiger partial charge is 0.417 e. The fourth-order valence-corrected chi connectivity index (χ4v) is 3.55. The molecule has 2 aliphatic rings. The normalized spacial score (nSPS) is 20.6. The summed E-state index contributed by atoms with van der Waals surface area (Å²) in [6.45, 7) is 0.199. The summed E-state index contributed by atoms with van der Waals surface area (Å²) in [7, 11) is 0. The third-order valence-electron chi connectivity index (χ3n) is 5.20. The number of hydrogen-bond acceptors (Lipinski definition) is 5. The van der Waals surface area contributed by atoms with Crippen LogP contribution in [-0.4, -0.2) is 29.8 Å². The largest absolute Gasteiger partial charge is 0.474 e. The van der Waals surface area contributed by atoms with Gasteiger partial charge in [-0.25, -0.2) is 4.98 Å². The van der Waals surface area contributed by atoms with Crippen LogP contribution in [0.4, 0.5) is 13.2 Å². The molecule has 1 aliphatic carbocycles. The highest BCUT2D eigenvalue weighted by Crippen LogP contribution is 2.33. The number of nitrogens with one attached hydrogen (secondary N) is 1. The quantitative estimate of drug-likeness (QED) is 0.709. The number of hydrogen-bond donors (Lipinski definition) is 1. The first-order valence-corrected chi connectivity index (χ1v) is 9.95. The number of benzene rings is 1. The molecule has 31 heavy (non-hydrogen) atoms. The Bertz CT molecular complexity index is 952. The molecule has 9 heteroatoms. The van der Waals surface area contributed by atoms with E-state index in [0.717, 1.165) is 30.7 Å². The van der Waals surface area contributed by atoms with Crippen molar-refractivity contribution in [1.29, 1.82) is 0 Å². The number of carbonyl (C=O) groups excluding carboxylic acids is 1. The van der Waals surface area contributed by atoms with Crippen molar-refractivity contribution in [3.8, 4) is 17.4 Å². The van der Waals surface area contributed by atoms with Crippen molar-refractivity contribution in [3.63, 3.8) is 0 Å². The first kappa shape index (κ1) is 21.0.